The van der Waals surface area contributed by atoms with Crippen molar-refractivity contribution < 1.29 is 4.79 Å². The van der Waals surface area contributed by atoms with Gasteiger partial charge in [-0.2, -0.15) is 0 Å². The summed E-state index contributed by atoms with van der Waals surface area (Å²) < 4.78 is 1.00. The fourth-order valence-electron chi connectivity index (χ4n) is 2.80. The summed E-state index contributed by atoms with van der Waals surface area (Å²) in [5.74, 6) is 0.354. The maximum atomic E-state index is 13.0. The van der Waals surface area contributed by atoms with Crippen molar-refractivity contribution in [3.05, 3.63) is 58.2 Å². The number of hydrogen-bond acceptors (Lipinski definition) is 4. The molecule has 0 fully saturated rings. The Morgan fingerprint density at radius 3 is 2.35 bits per heavy atom. The number of anilines is 2. The summed E-state index contributed by atoms with van der Waals surface area (Å²) in [6.07, 6.45) is 0. The standard InChI is InChI=1S/C20H21BrN4O/c1-4-25(5-2)19-18(23-16-8-6-7-9-17(16)24-19)20(26)22-14-10-11-15(21)13(3)12-14/h6-12H,4-5H2,1-3H3,(H,22,26). The SMILES string of the molecule is CCN(CC)c1nc2ccccc2nc1C(=O)Nc1ccc(Br)c(C)c1. The van der Waals surface area contributed by atoms with E-state index in [2.05, 4.69) is 26.2 Å². The van der Waals surface area contributed by atoms with Crippen molar-refractivity contribution in [1.82, 2.24) is 9.97 Å². The highest BCUT2D eigenvalue weighted by molar-refractivity contribution is 9.10. The summed E-state index contributed by atoms with van der Waals surface area (Å²) in [5.41, 5.74) is 3.62. The van der Waals surface area contributed by atoms with Gasteiger partial charge in [0.15, 0.2) is 11.5 Å². The number of rotatable bonds is 5. The zero-order valence-corrected chi connectivity index (χ0v) is 16.7. The fourth-order valence-corrected chi connectivity index (χ4v) is 3.05. The summed E-state index contributed by atoms with van der Waals surface area (Å²) >= 11 is 3.48. The van der Waals surface area contributed by atoms with Gasteiger partial charge in [-0.3, -0.25) is 4.79 Å². The summed E-state index contributed by atoms with van der Waals surface area (Å²) in [7, 11) is 0. The molecule has 134 valence electrons. The molecule has 0 spiro atoms. The zero-order chi connectivity index (χ0) is 18.7. The van der Waals surface area contributed by atoms with E-state index in [1.54, 1.807) is 0 Å². The molecule has 26 heavy (non-hydrogen) atoms. The number of halogens is 1. The van der Waals surface area contributed by atoms with Gasteiger partial charge in [0, 0.05) is 23.2 Å². The second-order valence-corrected chi connectivity index (χ2v) is 6.83. The van der Waals surface area contributed by atoms with E-state index < -0.39 is 0 Å². The van der Waals surface area contributed by atoms with Gasteiger partial charge < -0.3 is 10.2 Å². The van der Waals surface area contributed by atoms with Gasteiger partial charge in [-0.25, -0.2) is 9.97 Å². The van der Waals surface area contributed by atoms with Crippen molar-refractivity contribution in [2.75, 3.05) is 23.3 Å². The van der Waals surface area contributed by atoms with E-state index in [9.17, 15) is 4.79 Å². The number of carbonyl (C=O) groups excluding carboxylic acids is 1. The van der Waals surface area contributed by atoms with Crippen LogP contribution in [0.2, 0.25) is 0 Å². The molecule has 5 nitrogen and oxygen atoms in total. The molecule has 1 aromatic heterocycles. The van der Waals surface area contributed by atoms with E-state index in [0.717, 1.165) is 34.3 Å². The molecule has 2 aromatic carbocycles. The second-order valence-electron chi connectivity index (χ2n) is 5.97. The van der Waals surface area contributed by atoms with Gasteiger partial charge in [0.2, 0.25) is 0 Å². The first kappa shape index (κ1) is 18.3. The topological polar surface area (TPSA) is 58.1 Å². The Morgan fingerprint density at radius 1 is 1.08 bits per heavy atom. The minimum atomic E-state index is -0.258. The number of amides is 1. The largest absolute Gasteiger partial charge is 0.355 e. The number of aromatic nitrogens is 2. The molecular weight excluding hydrogens is 392 g/mol. The minimum absolute atomic E-state index is 0.258. The Balaban J connectivity index is 2.04. The van der Waals surface area contributed by atoms with E-state index in [1.165, 1.54) is 0 Å². The predicted octanol–water partition coefficient (Wildman–Crippen LogP) is 4.80. The van der Waals surface area contributed by atoms with Gasteiger partial charge in [0.05, 0.1) is 11.0 Å². The number of fused-ring (bicyclic) bond motifs is 1. The number of aryl methyl sites for hydroxylation is 1. The highest BCUT2D eigenvalue weighted by Gasteiger charge is 2.20. The summed E-state index contributed by atoms with van der Waals surface area (Å²) in [6, 6.07) is 13.3. The van der Waals surface area contributed by atoms with Gasteiger partial charge in [-0.05, 0) is 56.7 Å². The van der Waals surface area contributed by atoms with Crippen LogP contribution in [0.5, 0.6) is 0 Å². The molecular formula is C20H21BrN4O. The monoisotopic (exact) mass is 412 g/mol. The third-order valence-electron chi connectivity index (χ3n) is 4.25. The molecule has 0 aliphatic heterocycles. The van der Waals surface area contributed by atoms with Crippen molar-refractivity contribution in [2.45, 2.75) is 20.8 Å². The lowest BCUT2D eigenvalue weighted by molar-refractivity contribution is 0.102. The van der Waals surface area contributed by atoms with E-state index in [0.29, 0.717) is 17.0 Å². The Morgan fingerprint density at radius 2 is 1.73 bits per heavy atom. The molecule has 0 atom stereocenters. The number of benzene rings is 2. The molecule has 3 rings (SSSR count). The lowest BCUT2D eigenvalue weighted by Gasteiger charge is -2.22. The molecule has 0 bridgehead atoms. The van der Waals surface area contributed by atoms with Gasteiger partial charge in [-0.15, -0.1) is 0 Å². The quantitative estimate of drug-likeness (QED) is 0.653. The maximum Gasteiger partial charge on any atom is 0.278 e. The molecule has 0 unspecified atom stereocenters. The van der Waals surface area contributed by atoms with Crippen molar-refractivity contribution in [3.63, 3.8) is 0 Å². The van der Waals surface area contributed by atoms with Crippen molar-refractivity contribution in [2.24, 2.45) is 0 Å². The number of hydrogen-bond donors (Lipinski definition) is 1. The maximum absolute atomic E-state index is 13.0. The van der Waals surface area contributed by atoms with Crippen LogP contribution in [-0.2, 0) is 0 Å². The molecule has 3 aromatic rings. The van der Waals surface area contributed by atoms with Crippen LogP contribution in [0.4, 0.5) is 11.5 Å². The van der Waals surface area contributed by atoms with Crippen LogP contribution in [-0.4, -0.2) is 29.0 Å². The van der Waals surface area contributed by atoms with Gasteiger partial charge in [-0.1, -0.05) is 28.1 Å². The predicted molar refractivity (Wildman–Crippen MR) is 110 cm³/mol. The first-order valence-electron chi connectivity index (χ1n) is 8.62. The van der Waals surface area contributed by atoms with Crippen molar-refractivity contribution >= 4 is 44.4 Å². The molecule has 1 heterocycles. The van der Waals surface area contributed by atoms with E-state index in [4.69, 9.17) is 4.98 Å². The van der Waals surface area contributed by atoms with Crippen LogP contribution >= 0.6 is 15.9 Å². The summed E-state index contributed by atoms with van der Waals surface area (Å²) in [4.78, 5) is 24.3. The molecule has 1 N–H and O–H groups in total. The van der Waals surface area contributed by atoms with E-state index in [1.807, 2.05) is 68.1 Å². The van der Waals surface area contributed by atoms with Crippen LogP contribution in [0, 0.1) is 6.92 Å². The number of nitrogens with one attached hydrogen (secondary N) is 1. The molecule has 0 aliphatic rings. The van der Waals surface area contributed by atoms with Crippen molar-refractivity contribution in [1.29, 1.82) is 0 Å². The Labute approximate surface area is 161 Å². The number of para-hydroxylation sites is 2. The zero-order valence-electron chi connectivity index (χ0n) is 15.1. The van der Waals surface area contributed by atoms with Gasteiger partial charge >= 0.3 is 0 Å². The van der Waals surface area contributed by atoms with Gasteiger partial charge in [0.25, 0.3) is 5.91 Å². The summed E-state index contributed by atoms with van der Waals surface area (Å²) in [6.45, 7) is 7.57. The summed E-state index contributed by atoms with van der Waals surface area (Å²) in [5, 5.41) is 2.95. The van der Waals surface area contributed by atoms with Crippen LogP contribution in [0.3, 0.4) is 0 Å². The van der Waals surface area contributed by atoms with Crippen LogP contribution in [0.15, 0.2) is 46.9 Å². The molecule has 0 saturated heterocycles. The fraction of sp³-hybridized carbons (Fsp3) is 0.250. The van der Waals surface area contributed by atoms with E-state index in [-0.39, 0.29) is 5.91 Å². The average Bonchev–Trinajstić information content (AvgIpc) is 2.65. The average molecular weight is 413 g/mol. The third kappa shape index (κ3) is 3.70. The second kappa shape index (κ2) is 7.83. The van der Waals surface area contributed by atoms with E-state index >= 15 is 0 Å². The highest BCUT2D eigenvalue weighted by atomic mass is 79.9. The molecule has 6 heteroatoms. The normalized spacial score (nSPS) is 10.8. The lowest BCUT2D eigenvalue weighted by Crippen LogP contribution is -2.27. The van der Waals surface area contributed by atoms with Gasteiger partial charge in [0.1, 0.15) is 0 Å². The smallest absolute Gasteiger partial charge is 0.278 e. The third-order valence-corrected chi connectivity index (χ3v) is 5.14. The number of nitrogens with zero attached hydrogens (tertiary/aromatic N) is 3. The highest BCUT2D eigenvalue weighted by Crippen LogP contribution is 2.24. The number of carbonyl (C=O) groups is 1. The van der Waals surface area contributed by atoms with Crippen LogP contribution in [0.1, 0.15) is 29.9 Å². The molecule has 0 saturated carbocycles. The Kier molecular flexibility index (Phi) is 5.52. The molecule has 0 radical (unpaired) electrons. The molecule has 0 aliphatic carbocycles. The van der Waals surface area contributed by atoms with Crippen molar-refractivity contribution in [3.8, 4) is 0 Å². The molecule has 1 amide bonds. The lowest BCUT2D eigenvalue weighted by atomic mass is 10.2. The minimum Gasteiger partial charge on any atom is -0.355 e. The first-order chi connectivity index (χ1) is 12.5. The Hall–Kier alpha value is -2.47. The Bertz CT molecular complexity index is 954. The van der Waals surface area contributed by atoms with Crippen LogP contribution < -0.4 is 10.2 Å². The first-order valence-corrected chi connectivity index (χ1v) is 9.42. The van der Waals surface area contributed by atoms with Crippen LogP contribution in [0.25, 0.3) is 11.0 Å².